The number of amides is 1. The van der Waals surface area contributed by atoms with E-state index < -0.39 is 0 Å². The maximum Gasteiger partial charge on any atom is 0.219 e. The van der Waals surface area contributed by atoms with E-state index in [1.54, 1.807) is 14.0 Å². The Morgan fingerprint density at radius 3 is 2.64 bits per heavy atom. The quantitative estimate of drug-likeness (QED) is 0.842. The van der Waals surface area contributed by atoms with E-state index in [0.29, 0.717) is 5.92 Å². The van der Waals surface area contributed by atoms with Gasteiger partial charge < -0.3 is 9.64 Å². The second-order valence-electron chi connectivity index (χ2n) is 8.12. The number of benzene rings is 1. The van der Waals surface area contributed by atoms with E-state index >= 15 is 0 Å². The van der Waals surface area contributed by atoms with Gasteiger partial charge in [0, 0.05) is 39.6 Å². The fourth-order valence-electron chi connectivity index (χ4n) is 4.64. The van der Waals surface area contributed by atoms with Gasteiger partial charge in [-0.1, -0.05) is 23.8 Å². The molecule has 0 saturated carbocycles. The second-order valence-corrected chi connectivity index (χ2v) is 8.12. The minimum atomic E-state index is 0.204. The number of carbonyl (C=O) groups excluding carboxylic acids is 1. The highest BCUT2D eigenvalue weighted by atomic mass is 16.5. The predicted molar refractivity (Wildman–Crippen MR) is 100 cm³/mol. The molecule has 4 heteroatoms. The Morgan fingerprint density at radius 1 is 1.28 bits per heavy atom. The molecule has 1 atom stereocenters. The summed E-state index contributed by atoms with van der Waals surface area (Å²) in [7, 11) is 1.78. The van der Waals surface area contributed by atoms with Gasteiger partial charge in [-0.3, -0.25) is 9.69 Å². The third kappa shape index (κ3) is 3.90. The summed E-state index contributed by atoms with van der Waals surface area (Å²) in [5.74, 6) is 0.681. The van der Waals surface area contributed by atoms with Crippen molar-refractivity contribution in [3.63, 3.8) is 0 Å². The lowest BCUT2D eigenvalue weighted by atomic mass is 9.71. The van der Waals surface area contributed by atoms with Crippen LogP contribution in [0.15, 0.2) is 18.2 Å². The minimum Gasteiger partial charge on any atom is -0.384 e. The van der Waals surface area contributed by atoms with Crippen molar-refractivity contribution in [2.45, 2.75) is 40.2 Å². The van der Waals surface area contributed by atoms with Gasteiger partial charge in [-0.05, 0) is 56.3 Å². The number of nitrogens with zero attached hydrogens (tertiary/aromatic N) is 2. The summed E-state index contributed by atoms with van der Waals surface area (Å²) >= 11 is 0. The number of methoxy groups -OCH3 is 1. The van der Waals surface area contributed by atoms with Crippen LogP contribution >= 0.6 is 0 Å². The van der Waals surface area contributed by atoms with Gasteiger partial charge in [0.25, 0.3) is 0 Å². The molecule has 3 rings (SSSR count). The molecular weight excluding hydrogens is 312 g/mol. The van der Waals surface area contributed by atoms with Crippen LogP contribution in [0.5, 0.6) is 0 Å². The van der Waals surface area contributed by atoms with Gasteiger partial charge in [0.2, 0.25) is 5.91 Å². The smallest absolute Gasteiger partial charge is 0.219 e. The van der Waals surface area contributed by atoms with Crippen molar-refractivity contribution < 1.29 is 9.53 Å². The molecule has 2 heterocycles. The van der Waals surface area contributed by atoms with E-state index in [0.717, 1.165) is 52.2 Å². The molecule has 4 nitrogen and oxygen atoms in total. The molecular formula is C21H32N2O2. The number of carbonyl (C=O) groups is 1. The third-order valence-corrected chi connectivity index (χ3v) is 6.38. The topological polar surface area (TPSA) is 32.8 Å². The van der Waals surface area contributed by atoms with E-state index in [9.17, 15) is 4.79 Å². The van der Waals surface area contributed by atoms with Gasteiger partial charge in [-0.2, -0.15) is 0 Å². The van der Waals surface area contributed by atoms with Gasteiger partial charge >= 0.3 is 0 Å². The van der Waals surface area contributed by atoms with E-state index in [4.69, 9.17) is 4.74 Å². The zero-order valence-corrected chi connectivity index (χ0v) is 16.2. The Balaban J connectivity index is 1.65. The Labute approximate surface area is 152 Å². The molecule has 0 radical (unpaired) electrons. The van der Waals surface area contributed by atoms with Crippen molar-refractivity contribution in [1.82, 2.24) is 9.80 Å². The molecule has 0 N–H and O–H groups in total. The SMILES string of the molecule is COC[C@@H]1CN(C(C)=O)CC12CCN(Cc1cc(C)ccc1C)CC2. The van der Waals surface area contributed by atoms with Crippen molar-refractivity contribution in [3.05, 3.63) is 34.9 Å². The van der Waals surface area contributed by atoms with E-state index in [2.05, 4.69) is 36.9 Å². The van der Waals surface area contributed by atoms with Crippen molar-refractivity contribution in [2.75, 3.05) is 39.9 Å². The molecule has 0 aromatic heterocycles. The molecule has 2 fully saturated rings. The van der Waals surface area contributed by atoms with Crippen molar-refractivity contribution in [2.24, 2.45) is 11.3 Å². The molecule has 1 aromatic carbocycles. The van der Waals surface area contributed by atoms with Crippen LogP contribution < -0.4 is 0 Å². The van der Waals surface area contributed by atoms with E-state index in [1.807, 2.05) is 4.90 Å². The first-order valence-corrected chi connectivity index (χ1v) is 9.46. The van der Waals surface area contributed by atoms with Crippen LogP contribution in [0.4, 0.5) is 0 Å². The highest BCUT2D eigenvalue weighted by molar-refractivity contribution is 5.73. The average Bonchev–Trinajstić information content (AvgIpc) is 2.92. The molecule has 138 valence electrons. The number of hydrogen-bond acceptors (Lipinski definition) is 3. The normalized spacial score (nSPS) is 23.4. The van der Waals surface area contributed by atoms with Gasteiger partial charge in [0.05, 0.1) is 6.61 Å². The standard InChI is InChI=1S/C21H32N2O2/c1-16-5-6-17(2)19(11-16)12-22-9-7-21(8-10-22)15-23(18(3)24)13-20(21)14-25-4/h5-6,11,20H,7-10,12-15H2,1-4H3/t20-/m0/s1. The van der Waals surface area contributed by atoms with Crippen LogP contribution in [-0.2, 0) is 16.1 Å². The second kappa shape index (κ2) is 7.46. The first-order chi connectivity index (χ1) is 11.9. The van der Waals surface area contributed by atoms with Crippen LogP contribution in [0.3, 0.4) is 0 Å². The van der Waals surface area contributed by atoms with Crippen molar-refractivity contribution in [3.8, 4) is 0 Å². The largest absolute Gasteiger partial charge is 0.384 e. The molecule has 0 unspecified atom stereocenters. The van der Waals surface area contributed by atoms with Crippen LogP contribution in [0, 0.1) is 25.2 Å². The van der Waals surface area contributed by atoms with Crippen LogP contribution in [0.25, 0.3) is 0 Å². The summed E-state index contributed by atoms with van der Waals surface area (Å²) in [4.78, 5) is 16.5. The predicted octanol–water partition coefficient (Wildman–Crippen LogP) is 3.01. The van der Waals surface area contributed by atoms with Crippen LogP contribution in [-0.4, -0.2) is 55.6 Å². The van der Waals surface area contributed by atoms with E-state index in [1.165, 1.54) is 16.7 Å². The van der Waals surface area contributed by atoms with Crippen LogP contribution in [0.2, 0.25) is 0 Å². The number of rotatable bonds is 4. The molecule has 1 amide bonds. The summed E-state index contributed by atoms with van der Waals surface area (Å²) in [5.41, 5.74) is 4.41. The molecule has 0 bridgehead atoms. The fourth-order valence-corrected chi connectivity index (χ4v) is 4.64. The summed E-state index contributed by atoms with van der Waals surface area (Å²) in [5, 5.41) is 0. The first-order valence-electron chi connectivity index (χ1n) is 9.46. The minimum absolute atomic E-state index is 0.204. The Bertz CT molecular complexity index is 620. The lowest BCUT2D eigenvalue weighted by Crippen LogP contribution is -2.45. The zero-order valence-electron chi connectivity index (χ0n) is 16.2. The van der Waals surface area contributed by atoms with Gasteiger partial charge in [-0.25, -0.2) is 0 Å². The highest BCUT2D eigenvalue weighted by Crippen LogP contribution is 2.45. The fraction of sp³-hybridized carbons (Fsp3) is 0.667. The van der Waals surface area contributed by atoms with E-state index in [-0.39, 0.29) is 11.3 Å². The molecule has 1 spiro atoms. The van der Waals surface area contributed by atoms with Gasteiger partial charge in [0.15, 0.2) is 0 Å². The number of likely N-dealkylation sites (tertiary alicyclic amines) is 2. The molecule has 25 heavy (non-hydrogen) atoms. The zero-order chi connectivity index (χ0) is 18.0. The monoisotopic (exact) mass is 344 g/mol. The molecule has 2 saturated heterocycles. The number of ether oxygens (including phenoxy) is 1. The lowest BCUT2D eigenvalue weighted by molar-refractivity contribution is -0.128. The summed E-state index contributed by atoms with van der Waals surface area (Å²) in [6.07, 6.45) is 2.32. The van der Waals surface area contributed by atoms with Gasteiger partial charge in [-0.15, -0.1) is 0 Å². The highest BCUT2D eigenvalue weighted by Gasteiger charge is 2.48. The first kappa shape index (κ1) is 18.4. The van der Waals surface area contributed by atoms with Crippen molar-refractivity contribution >= 4 is 5.91 Å². The Kier molecular flexibility index (Phi) is 5.49. The summed E-state index contributed by atoms with van der Waals surface area (Å²) in [6, 6.07) is 6.74. The van der Waals surface area contributed by atoms with Crippen LogP contribution in [0.1, 0.15) is 36.5 Å². The summed E-state index contributed by atoms with van der Waals surface area (Å²) < 4.78 is 5.48. The maximum atomic E-state index is 11.9. The Hall–Kier alpha value is -1.39. The van der Waals surface area contributed by atoms with Gasteiger partial charge in [0.1, 0.15) is 0 Å². The third-order valence-electron chi connectivity index (χ3n) is 6.38. The number of piperidine rings is 1. The Morgan fingerprint density at radius 2 is 2.00 bits per heavy atom. The molecule has 2 aliphatic rings. The molecule has 1 aromatic rings. The lowest BCUT2D eigenvalue weighted by Gasteiger charge is -2.42. The van der Waals surface area contributed by atoms with Crippen molar-refractivity contribution in [1.29, 1.82) is 0 Å². The summed E-state index contributed by atoms with van der Waals surface area (Å²) in [6.45, 7) is 11.9. The molecule has 2 aliphatic heterocycles. The average molecular weight is 344 g/mol. The number of aryl methyl sites for hydroxylation is 2. The number of hydrogen-bond donors (Lipinski definition) is 0. The maximum absolute atomic E-state index is 11.9. The molecule has 0 aliphatic carbocycles.